The van der Waals surface area contributed by atoms with Gasteiger partial charge in [-0.15, -0.1) is 0 Å². The molecule has 2 amide bonds. The first-order valence-electron chi connectivity index (χ1n) is 9.48. The molecule has 2 aliphatic rings. The van der Waals surface area contributed by atoms with E-state index in [0.717, 1.165) is 12.8 Å². The first kappa shape index (κ1) is 19.6. The number of carboxylic acids is 1. The third-order valence-electron chi connectivity index (χ3n) is 5.54. The summed E-state index contributed by atoms with van der Waals surface area (Å²) in [6.07, 6.45) is 1.72. The number of morpholine rings is 1. The summed E-state index contributed by atoms with van der Waals surface area (Å²) in [5.41, 5.74) is 1.45. The second-order valence-corrected chi connectivity index (χ2v) is 8.01. The van der Waals surface area contributed by atoms with Crippen molar-refractivity contribution in [3.05, 3.63) is 35.9 Å². The normalized spacial score (nSPS) is 27.9. The van der Waals surface area contributed by atoms with E-state index in [1.807, 2.05) is 6.07 Å². The number of likely N-dealkylation sites (N-methyl/N-ethyl adjacent to an activating group) is 1. The minimum absolute atomic E-state index is 0.0355. The van der Waals surface area contributed by atoms with Crippen LogP contribution >= 0.6 is 0 Å². The Labute approximate surface area is 160 Å². The number of hydrogen-bond donors (Lipinski definition) is 2. The Morgan fingerprint density at radius 2 is 2.04 bits per heavy atom. The molecule has 1 unspecified atom stereocenters. The fourth-order valence-electron chi connectivity index (χ4n) is 4.13. The average Bonchev–Trinajstić information content (AvgIpc) is 2.60. The molecule has 148 valence electrons. The minimum atomic E-state index is -0.866. The van der Waals surface area contributed by atoms with Crippen LogP contribution < -0.4 is 5.32 Å². The highest BCUT2D eigenvalue weighted by Gasteiger charge is 2.42. The van der Waals surface area contributed by atoms with Crippen LogP contribution in [0.2, 0.25) is 0 Å². The zero-order valence-electron chi connectivity index (χ0n) is 16.1. The van der Waals surface area contributed by atoms with Crippen molar-refractivity contribution < 1.29 is 19.4 Å². The predicted octanol–water partition coefficient (Wildman–Crippen LogP) is 1.53. The molecule has 1 aliphatic carbocycles. The molecule has 1 saturated heterocycles. The third kappa shape index (κ3) is 4.99. The maximum absolute atomic E-state index is 12.6. The number of carboxylic acid groups (broad SMARTS) is 1. The number of ether oxygens (including phenoxy) is 1. The number of nitrogens with one attached hydrogen (secondary N) is 1. The molecule has 1 saturated carbocycles. The summed E-state index contributed by atoms with van der Waals surface area (Å²) < 4.78 is 5.69. The van der Waals surface area contributed by atoms with Crippen LogP contribution in [0, 0.1) is 0 Å². The second-order valence-electron chi connectivity index (χ2n) is 8.01. The minimum Gasteiger partial charge on any atom is -0.480 e. The quantitative estimate of drug-likeness (QED) is 0.788. The number of benzene rings is 1. The van der Waals surface area contributed by atoms with Crippen molar-refractivity contribution in [3.63, 3.8) is 0 Å². The Bertz CT molecular complexity index is 660. The molecule has 2 N–H and O–H groups in total. The number of rotatable bonds is 6. The Kier molecular flexibility index (Phi) is 6.01. The van der Waals surface area contributed by atoms with Crippen LogP contribution in [0.4, 0.5) is 4.79 Å². The number of nitrogens with zero attached hydrogens (tertiary/aromatic N) is 2. The molecule has 7 heteroatoms. The van der Waals surface area contributed by atoms with E-state index in [1.165, 1.54) is 5.56 Å². The van der Waals surface area contributed by atoms with E-state index in [9.17, 15) is 9.59 Å². The van der Waals surface area contributed by atoms with Gasteiger partial charge in [0.1, 0.15) is 0 Å². The summed E-state index contributed by atoms with van der Waals surface area (Å²) >= 11 is 0. The highest BCUT2D eigenvalue weighted by Crippen LogP contribution is 2.43. The van der Waals surface area contributed by atoms with E-state index >= 15 is 0 Å². The van der Waals surface area contributed by atoms with Gasteiger partial charge in [-0.05, 0) is 30.9 Å². The lowest BCUT2D eigenvalue weighted by Gasteiger charge is -2.47. The van der Waals surface area contributed by atoms with Gasteiger partial charge in [0.25, 0.3) is 0 Å². The average molecular weight is 375 g/mol. The fraction of sp³-hybridized carbons (Fsp3) is 0.600. The molecule has 1 aromatic rings. The van der Waals surface area contributed by atoms with Crippen molar-refractivity contribution in [1.29, 1.82) is 0 Å². The monoisotopic (exact) mass is 375 g/mol. The van der Waals surface area contributed by atoms with E-state index in [1.54, 1.807) is 16.8 Å². The van der Waals surface area contributed by atoms with Gasteiger partial charge in [-0.2, -0.15) is 0 Å². The van der Waals surface area contributed by atoms with Gasteiger partial charge >= 0.3 is 12.0 Å². The lowest BCUT2D eigenvalue weighted by atomic mass is 9.63. The molecule has 27 heavy (non-hydrogen) atoms. The predicted molar refractivity (Wildman–Crippen MR) is 102 cm³/mol. The van der Waals surface area contributed by atoms with Gasteiger partial charge in [-0.25, -0.2) is 4.79 Å². The molecule has 2 fully saturated rings. The zero-order valence-corrected chi connectivity index (χ0v) is 16.1. The molecule has 1 heterocycles. The van der Waals surface area contributed by atoms with Crippen molar-refractivity contribution in [2.45, 2.75) is 37.3 Å². The lowest BCUT2D eigenvalue weighted by molar-refractivity contribution is -0.138. The van der Waals surface area contributed by atoms with Gasteiger partial charge in [-0.1, -0.05) is 37.3 Å². The largest absolute Gasteiger partial charge is 0.480 e. The number of carbonyl (C=O) groups is 2. The molecule has 3 rings (SSSR count). The number of urea groups is 1. The van der Waals surface area contributed by atoms with E-state index in [0.29, 0.717) is 26.2 Å². The summed E-state index contributed by atoms with van der Waals surface area (Å²) in [4.78, 5) is 26.9. The van der Waals surface area contributed by atoms with Crippen LogP contribution in [0.3, 0.4) is 0 Å². The van der Waals surface area contributed by atoms with E-state index in [2.05, 4.69) is 36.5 Å². The standard InChI is InChI=1S/C20H29N3O4/c1-20(15-6-4-3-5-7-15)10-16(11-20)21-19(26)23-8-9-27-17(13-23)12-22(2)14-18(24)25/h3-7,16-17H,8-14H2,1-2H3,(H,21,26)(H,24,25). The van der Waals surface area contributed by atoms with Crippen LogP contribution in [-0.4, -0.2) is 78.9 Å². The van der Waals surface area contributed by atoms with Crippen LogP contribution in [-0.2, 0) is 14.9 Å². The molecule has 1 aliphatic heterocycles. The first-order valence-corrected chi connectivity index (χ1v) is 9.48. The molecular weight excluding hydrogens is 346 g/mol. The van der Waals surface area contributed by atoms with Gasteiger partial charge in [0.05, 0.1) is 19.3 Å². The Hall–Kier alpha value is -2.12. The summed E-state index contributed by atoms with van der Waals surface area (Å²) in [6, 6.07) is 10.6. The van der Waals surface area contributed by atoms with Gasteiger partial charge in [-0.3, -0.25) is 9.69 Å². The topological polar surface area (TPSA) is 82.1 Å². The molecular formula is C20H29N3O4. The maximum atomic E-state index is 12.6. The fourth-order valence-corrected chi connectivity index (χ4v) is 4.13. The van der Waals surface area contributed by atoms with Crippen molar-refractivity contribution in [1.82, 2.24) is 15.1 Å². The molecule has 0 spiro atoms. The third-order valence-corrected chi connectivity index (χ3v) is 5.54. The first-order chi connectivity index (χ1) is 12.9. The molecule has 1 atom stereocenters. The van der Waals surface area contributed by atoms with Crippen molar-refractivity contribution >= 4 is 12.0 Å². The number of carbonyl (C=O) groups excluding carboxylic acids is 1. The van der Waals surface area contributed by atoms with E-state index in [4.69, 9.17) is 9.84 Å². The van der Waals surface area contributed by atoms with Gasteiger partial charge < -0.3 is 20.1 Å². The number of aliphatic carboxylic acids is 1. The van der Waals surface area contributed by atoms with Gasteiger partial charge in [0, 0.05) is 25.7 Å². The Morgan fingerprint density at radius 3 is 2.70 bits per heavy atom. The molecule has 7 nitrogen and oxygen atoms in total. The summed E-state index contributed by atoms with van der Waals surface area (Å²) in [5, 5.41) is 12.0. The smallest absolute Gasteiger partial charge is 0.317 e. The summed E-state index contributed by atoms with van der Waals surface area (Å²) in [7, 11) is 1.75. The van der Waals surface area contributed by atoms with Crippen LogP contribution in [0.25, 0.3) is 0 Å². The lowest BCUT2D eigenvalue weighted by Crippen LogP contribution is -2.58. The summed E-state index contributed by atoms with van der Waals surface area (Å²) in [5.74, 6) is -0.866. The Morgan fingerprint density at radius 1 is 1.33 bits per heavy atom. The highest BCUT2D eigenvalue weighted by molar-refractivity contribution is 5.75. The number of hydrogen-bond acceptors (Lipinski definition) is 4. The van der Waals surface area contributed by atoms with Crippen molar-refractivity contribution in [2.75, 3.05) is 39.8 Å². The van der Waals surface area contributed by atoms with Crippen LogP contribution in [0.1, 0.15) is 25.3 Å². The van der Waals surface area contributed by atoms with E-state index in [-0.39, 0.29) is 30.1 Å². The van der Waals surface area contributed by atoms with Crippen molar-refractivity contribution in [2.24, 2.45) is 0 Å². The van der Waals surface area contributed by atoms with Crippen LogP contribution in [0.5, 0.6) is 0 Å². The van der Waals surface area contributed by atoms with Gasteiger partial charge in [0.2, 0.25) is 0 Å². The molecule has 0 radical (unpaired) electrons. The zero-order chi connectivity index (χ0) is 19.4. The van der Waals surface area contributed by atoms with Gasteiger partial charge in [0.15, 0.2) is 0 Å². The molecule has 1 aromatic carbocycles. The van der Waals surface area contributed by atoms with Crippen molar-refractivity contribution in [3.8, 4) is 0 Å². The SMILES string of the molecule is CN(CC(=O)O)CC1CN(C(=O)NC2CC(C)(c3ccccc3)C2)CCO1. The molecule has 0 bridgehead atoms. The molecule has 0 aromatic heterocycles. The van der Waals surface area contributed by atoms with E-state index < -0.39 is 5.97 Å². The maximum Gasteiger partial charge on any atom is 0.317 e. The Balaban J connectivity index is 1.45. The summed E-state index contributed by atoms with van der Waals surface area (Å²) in [6.45, 7) is 4.23. The highest BCUT2D eigenvalue weighted by atomic mass is 16.5. The second kappa shape index (κ2) is 8.27. The van der Waals surface area contributed by atoms with Crippen LogP contribution in [0.15, 0.2) is 30.3 Å². The number of amides is 2.